The van der Waals surface area contributed by atoms with Gasteiger partial charge in [0.15, 0.2) is 0 Å². The number of nitrogens with two attached hydrogens (primary N) is 1. The first-order chi connectivity index (χ1) is 17.4. The van der Waals surface area contributed by atoms with E-state index in [1.807, 2.05) is 6.07 Å². The number of hydrogen-bond donors (Lipinski definition) is 2. The van der Waals surface area contributed by atoms with Crippen LogP contribution in [0.4, 0.5) is 11.4 Å². The number of aryl methyl sites for hydroxylation is 1. The Hall–Kier alpha value is -3.20. The fourth-order valence-electron chi connectivity index (χ4n) is 5.92. The van der Waals surface area contributed by atoms with Crippen molar-refractivity contribution >= 4 is 22.5 Å². The predicted octanol–water partition coefficient (Wildman–Crippen LogP) is 8.27. The lowest BCUT2D eigenvalue weighted by Gasteiger charge is -2.19. The van der Waals surface area contributed by atoms with Gasteiger partial charge in [-0.15, -0.1) is 0 Å². The molecule has 0 saturated carbocycles. The predicted molar refractivity (Wildman–Crippen MR) is 154 cm³/mol. The highest BCUT2D eigenvalue weighted by Crippen LogP contribution is 2.42. The summed E-state index contributed by atoms with van der Waals surface area (Å²) >= 11 is 0. The van der Waals surface area contributed by atoms with Crippen LogP contribution >= 0.6 is 0 Å². The molecule has 1 heterocycles. The standard InChI is InChI=1S/C33H40N2O/c1-5-8-27(6-2)36-28-15-11-22(12-16-28)32-29(10-7-9-23-20-26(34)14-17-30(23)32)24-13-18-31-25(19-24)21-33(3,4)35-31/h11-20,27,35H,5-10,21,34H2,1-4H3. The van der Waals surface area contributed by atoms with Crippen molar-refractivity contribution in [1.82, 2.24) is 0 Å². The largest absolute Gasteiger partial charge is 0.490 e. The summed E-state index contributed by atoms with van der Waals surface area (Å²) in [6.45, 7) is 8.97. The molecule has 3 heteroatoms. The maximum Gasteiger partial charge on any atom is 0.119 e. The molecule has 2 aliphatic rings. The molecule has 188 valence electrons. The molecule has 3 aromatic rings. The van der Waals surface area contributed by atoms with Gasteiger partial charge in [0.1, 0.15) is 5.75 Å². The van der Waals surface area contributed by atoms with E-state index in [1.54, 1.807) is 0 Å². The SMILES string of the molecule is CCCC(CC)Oc1ccc(C2=C(c3ccc4c(c3)CC(C)(C)N4)CCCc3cc(N)ccc32)cc1. The molecule has 0 aromatic heterocycles. The summed E-state index contributed by atoms with van der Waals surface area (Å²) in [6.07, 6.45) is 7.80. The number of benzene rings is 3. The zero-order chi connectivity index (χ0) is 25.3. The zero-order valence-corrected chi connectivity index (χ0v) is 22.3. The van der Waals surface area contributed by atoms with Gasteiger partial charge in [-0.2, -0.15) is 0 Å². The van der Waals surface area contributed by atoms with Gasteiger partial charge in [0.25, 0.3) is 0 Å². The van der Waals surface area contributed by atoms with Crippen LogP contribution in [0.1, 0.15) is 87.6 Å². The van der Waals surface area contributed by atoms with Crippen LogP contribution in [0.25, 0.3) is 11.1 Å². The quantitative estimate of drug-likeness (QED) is 0.335. The van der Waals surface area contributed by atoms with Gasteiger partial charge < -0.3 is 15.8 Å². The Morgan fingerprint density at radius 2 is 1.69 bits per heavy atom. The Morgan fingerprint density at radius 3 is 2.44 bits per heavy atom. The fourth-order valence-corrected chi connectivity index (χ4v) is 5.92. The number of anilines is 2. The van der Waals surface area contributed by atoms with Crippen molar-refractivity contribution in [2.24, 2.45) is 0 Å². The molecule has 1 aliphatic carbocycles. The number of allylic oxidation sites excluding steroid dienone is 1. The molecule has 1 aliphatic heterocycles. The molecule has 3 aromatic carbocycles. The molecule has 0 saturated heterocycles. The van der Waals surface area contributed by atoms with Crippen molar-refractivity contribution in [2.75, 3.05) is 11.1 Å². The summed E-state index contributed by atoms with van der Waals surface area (Å²) in [5.41, 5.74) is 17.8. The van der Waals surface area contributed by atoms with E-state index in [2.05, 4.69) is 87.6 Å². The van der Waals surface area contributed by atoms with Crippen LogP contribution in [0.2, 0.25) is 0 Å². The average Bonchev–Trinajstić information content (AvgIpc) is 3.05. The van der Waals surface area contributed by atoms with E-state index in [1.165, 1.54) is 44.7 Å². The summed E-state index contributed by atoms with van der Waals surface area (Å²) in [5, 5.41) is 3.67. The molecule has 36 heavy (non-hydrogen) atoms. The third-order valence-electron chi connectivity index (χ3n) is 7.64. The summed E-state index contributed by atoms with van der Waals surface area (Å²) in [7, 11) is 0. The van der Waals surface area contributed by atoms with Crippen molar-refractivity contribution < 1.29 is 4.74 Å². The van der Waals surface area contributed by atoms with Crippen LogP contribution in [0.15, 0.2) is 60.7 Å². The van der Waals surface area contributed by atoms with Crippen LogP contribution in [-0.4, -0.2) is 11.6 Å². The minimum atomic E-state index is 0.107. The first-order valence-corrected chi connectivity index (χ1v) is 13.7. The van der Waals surface area contributed by atoms with E-state index in [0.29, 0.717) is 0 Å². The van der Waals surface area contributed by atoms with Gasteiger partial charge in [-0.25, -0.2) is 0 Å². The summed E-state index contributed by atoms with van der Waals surface area (Å²) in [5.74, 6) is 0.957. The van der Waals surface area contributed by atoms with Gasteiger partial charge in [0.2, 0.25) is 0 Å². The van der Waals surface area contributed by atoms with Crippen molar-refractivity contribution in [3.8, 4) is 5.75 Å². The lowest BCUT2D eigenvalue weighted by Crippen LogP contribution is -2.26. The monoisotopic (exact) mass is 480 g/mol. The van der Waals surface area contributed by atoms with Crippen LogP contribution in [0.3, 0.4) is 0 Å². The van der Waals surface area contributed by atoms with Gasteiger partial charge in [-0.1, -0.05) is 44.5 Å². The topological polar surface area (TPSA) is 47.3 Å². The molecule has 0 fully saturated rings. The lowest BCUT2D eigenvalue weighted by molar-refractivity contribution is 0.186. The number of nitrogens with one attached hydrogen (secondary N) is 1. The Labute approximate surface area is 216 Å². The lowest BCUT2D eigenvalue weighted by atomic mass is 9.87. The average molecular weight is 481 g/mol. The second-order valence-corrected chi connectivity index (χ2v) is 11.1. The molecule has 0 radical (unpaired) electrons. The summed E-state index contributed by atoms with van der Waals surface area (Å²) in [4.78, 5) is 0. The first-order valence-electron chi connectivity index (χ1n) is 13.7. The smallest absolute Gasteiger partial charge is 0.119 e. The molecule has 3 nitrogen and oxygen atoms in total. The van der Waals surface area contributed by atoms with E-state index >= 15 is 0 Å². The molecular weight excluding hydrogens is 440 g/mol. The number of rotatable bonds is 7. The van der Waals surface area contributed by atoms with Gasteiger partial charge in [-0.3, -0.25) is 0 Å². The van der Waals surface area contributed by atoms with Crippen LogP contribution in [0, 0.1) is 0 Å². The molecule has 5 rings (SSSR count). The fraction of sp³-hybridized carbons (Fsp3) is 0.394. The molecule has 3 N–H and O–H groups in total. The van der Waals surface area contributed by atoms with E-state index < -0.39 is 0 Å². The van der Waals surface area contributed by atoms with Crippen molar-refractivity contribution in [2.45, 2.75) is 84.3 Å². The van der Waals surface area contributed by atoms with E-state index in [0.717, 1.165) is 56.4 Å². The van der Waals surface area contributed by atoms with Gasteiger partial charge in [-0.05, 0) is 128 Å². The molecule has 0 spiro atoms. The van der Waals surface area contributed by atoms with E-state index in [4.69, 9.17) is 10.5 Å². The molecule has 1 atom stereocenters. The number of ether oxygens (including phenoxy) is 1. The van der Waals surface area contributed by atoms with Crippen molar-refractivity contribution in [3.63, 3.8) is 0 Å². The molecule has 0 bridgehead atoms. The van der Waals surface area contributed by atoms with E-state index in [-0.39, 0.29) is 11.6 Å². The number of fused-ring (bicyclic) bond motifs is 2. The third kappa shape index (κ3) is 5.02. The Balaban J connectivity index is 1.60. The van der Waals surface area contributed by atoms with Crippen molar-refractivity contribution in [3.05, 3.63) is 88.5 Å². The summed E-state index contributed by atoms with van der Waals surface area (Å²) in [6, 6.07) is 22.2. The highest BCUT2D eigenvalue weighted by molar-refractivity contribution is 6.00. The summed E-state index contributed by atoms with van der Waals surface area (Å²) < 4.78 is 6.30. The normalized spacial score (nSPS) is 17.1. The molecule has 1 unspecified atom stereocenters. The van der Waals surface area contributed by atoms with Crippen LogP contribution < -0.4 is 15.8 Å². The molecular formula is C33H40N2O. The third-order valence-corrected chi connectivity index (χ3v) is 7.64. The number of hydrogen-bond acceptors (Lipinski definition) is 3. The second kappa shape index (κ2) is 10.0. The highest BCUT2D eigenvalue weighted by atomic mass is 16.5. The zero-order valence-electron chi connectivity index (χ0n) is 22.3. The van der Waals surface area contributed by atoms with Crippen LogP contribution in [0.5, 0.6) is 5.75 Å². The Bertz CT molecular complexity index is 1270. The van der Waals surface area contributed by atoms with Crippen molar-refractivity contribution in [1.29, 1.82) is 0 Å². The second-order valence-electron chi connectivity index (χ2n) is 11.1. The highest BCUT2D eigenvalue weighted by Gasteiger charge is 2.28. The Kier molecular flexibility index (Phi) is 6.83. The Morgan fingerprint density at radius 1 is 0.917 bits per heavy atom. The minimum absolute atomic E-state index is 0.107. The minimum Gasteiger partial charge on any atom is -0.490 e. The van der Waals surface area contributed by atoms with Gasteiger partial charge in [0.05, 0.1) is 6.10 Å². The van der Waals surface area contributed by atoms with Gasteiger partial charge >= 0.3 is 0 Å². The molecule has 0 amide bonds. The number of nitrogen functional groups attached to an aromatic ring is 1. The van der Waals surface area contributed by atoms with Crippen LogP contribution in [-0.2, 0) is 12.8 Å². The van der Waals surface area contributed by atoms with E-state index in [9.17, 15) is 0 Å². The van der Waals surface area contributed by atoms with Gasteiger partial charge in [0, 0.05) is 16.9 Å². The maximum absolute atomic E-state index is 6.30. The first kappa shape index (κ1) is 24.5. The maximum atomic E-state index is 6.30.